The molecular formula is C21H25ClN4O2. The Morgan fingerprint density at radius 2 is 1.39 bits per heavy atom. The lowest BCUT2D eigenvalue weighted by Gasteiger charge is -2.33. The van der Waals surface area contributed by atoms with Crippen molar-refractivity contribution in [1.29, 1.82) is 0 Å². The van der Waals surface area contributed by atoms with Gasteiger partial charge in [-0.3, -0.25) is 19.4 Å². The van der Waals surface area contributed by atoms with Gasteiger partial charge in [0.15, 0.2) is 0 Å². The van der Waals surface area contributed by atoms with Crippen LogP contribution in [-0.2, 0) is 16.1 Å². The quantitative estimate of drug-likeness (QED) is 0.748. The molecule has 7 heteroatoms. The van der Waals surface area contributed by atoms with Crippen LogP contribution >= 0.6 is 11.6 Å². The zero-order valence-corrected chi connectivity index (χ0v) is 16.5. The highest BCUT2D eigenvalue weighted by Gasteiger charge is 2.20. The van der Waals surface area contributed by atoms with Crippen LogP contribution in [0.4, 0.5) is 5.69 Å². The van der Waals surface area contributed by atoms with Gasteiger partial charge in [0, 0.05) is 32.7 Å². The molecule has 148 valence electrons. The summed E-state index contributed by atoms with van der Waals surface area (Å²) >= 11 is 6.07. The third-order valence-corrected chi connectivity index (χ3v) is 5.01. The molecule has 0 atom stereocenters. The highest BCUT2D eigenvalue weighted by atomic mass is 35.5. The molecule has 2 N–H and O–H groups in total. The van der Waals surface area contributed by atoms with E-state index in [4.69, 9.17) is 11.6 Å². The molecule has 28 heavy (non-hydrogen) atoms. The second-order valence-corrected chi connectivity index (χ2v) is 7.25. The van der Waals surface area contributed by atoms with Gasteiger partial charge in [0.1, 0.15) is 0 Å². The minimum Gasteiger partial charge on any atom is -0.351 e. The zero-order valence-electron chi connectivity index (χ0n) is 15.7. The van der Waals surface area contributed by atoms with Crippen molar-refractivity contribution in [2.24, 2.45) is 0 Å². The molecule has 2 aromatic carbocycles. The molecule has 1 aliphatic heterocycles. The monoisotopic (exact) mass is 400 g/mol. The third-order valence-electron chi connectivity index (χ3n) is 4.68. The van der Waals surface area contributed by atoms with E-state index >= 15 is 0 Å². The Labute approximate surface area is 170 Å². The number of carbonyl (C=O) groups excluding carboxylic acids is 2. The minimum absolute atomic E-state index is 0.0220. The van der Waals surface area contributed by atoms with Gasteiger partial charge in [-0.2, -0.15) is 0 Å². The number of hydrogen-bond acceptors (Lipinski definition) is 4. The molecule has 0 spiro atoms. The van der Waals surface area contributed by atoms with Crippen molar-refractivity contribution >= 4 is 29.1 Å². The normalized spacial score (nSPS) is 15.2. The van der Waals surface area contributed by atoms with Crippen LogP contribution in [0.25, 0.3) is 0 Å². The van der Waals surface area contributed by atoms with Gasteiger partial charge in [-0.25, -0.2) is 0 Å². The predicted octanol–water partition coefficient (Wildman–Crippen LogP) is 2.21. The van der Waals surface area contributed by atoms with E-state index in [9.17, 15) is 9.59 Å². The van der Waals surface area contributed by atoms with Gasteiger partial charge >= 0.3 is 0 Å². The molecule has 0 aromatic heterocycles. The first-order valence-electron chi connectivity index (χ1n) is 9.40. The molecule has 1 saturated heterocycles. The maximum Gasteiger partial charge on any atom is 0.238 e. The predicted molar refractivity (Wildman–Crippen MR) is 111 cm³/mol. The molecule has 1 aliphatic rings. The summed E-state index contributed by atoms with van der Waals surface area (Å²) in [5.74, 6) is -0.0593. The number of halogens is 1. The number of para-hydroxylation sites is 1. The first-order valence-corrected chi connectivity index (χ1v) is 9.77. The van der Waals surface area contributed by atoms with Gasteiger partial charge in [-0.1, -0.05) is 54.1 Å². The molecule has 1 heterocycles. The lowest BCUT2D eigenvalue weighted by molar-refractivity contribution is -0.123. The molecule has 6 nitrogen and oxygen atoms in total. The Hall–Kier alpha value is -2.41. The molecule has 0 unspecified atom stereocenters. The number of amides is 2. The van der Waals surface area contributed by atoms with E-state index < -0.39 is 0 Å². The van der Waals surface area contributed by atoms with Gasteiger partial charge in [0.2, 0.25) is 11.8 Å². The lowest BCUT2D eigenvalue weighted by Crippen LogP contribution is -2.50. The standard InChI is InChI=1S/C21H25ClN4O2/c22-18-8-4-5-9-19(18)24-21(28)16-26-12-10-25(11-13-26)15-20(27)23-14-17-6-2-1-3-7-17/h1-9H,10-16H2,(H,23,27)(H,24,28). The summed E-state index contributed by atoms with van der Waals surface area (Å²) in [7, 11) is 0. The van der Waals surface area contributed by atoms with Crippen molar-refractivity contribution in [1.82, 2.24) is 15.1 Å². The number of hydrogen-bond donors (Lipinski definition) is 2. The summed E-state index contributed by atoms with van der Waals surface area (Å²) in [6.07, 6.45) is 0. The molecule has 2 aromatic rings. The number of piperazine rings is 1. The SMILES string of the molecule is O=C(CN1CCN(CC(=O)Nc2ccccc2Cl)CC1)NCc1ccccc1. The van der Waals surface area contributed by atoms with Crippen molar-refractivity contribution in [3.8, 4) is 0 Å². The van der Waals surface area contributed by atoms with E-state index in [2.05, 4.69) is 20.4 Å². The highest BCUT2D eigenvalue weighted by molar-refractivity contribution is 6.33. The number of nitrogens with one attached hydrogen (secondary N) is 2. The van der Waals surface area contributed by atoms with Crippen LogP contribution in [-0.4, -0.2) is 60.9 Å². The topological polar surface area (TPSA) is 64.7 Å². The summed E-state index contributed by atoms with van der Waals surface area (Å²) in [5, 5.41) is 6.32. The number of benzene rings is 2. The Balaban J connectivity index is 1.35. The molecule has 0 bridgehead atoms. The first kappa shape index (κ1) is 20.3. The second kappa shape index (κ2) is 10.2. The minimum atomic E-state index is -0.0813. The van der Waals surface area contributed by atoms with Crippen LogP contribution in [0.5, 0.6) is 0 Å². The van der Waals surface area contributed by atoms with Crippen molar-refractivity contribution < 1.29 is 9.59 Å². The fourth-order valence-electron chi connectivity index (χ4n) is 3.12. The van der Waals surface area contributed by atoms with Crippen LogP contribution < -0.4 is 10.6 Å². The van der Waals surface area contributed by atoms with Crippen LogP contribution in [0.2, 0.25) is 5.02 Å². The summed E-state index contributed by atoms with van der Waals surface area (Å²) in [4.78, 5) is 28.6. The van der Waals surface area contributed by atoms with Gasteiger partial charge in [-0.15, -0.1) is 0 Å². The largest absolute Gasteiger partial charge is 0.351 e. The van der Waals surface area contributed by atoms with Crippen molar-refractivity contribution in [3.63, 3.8) is 0 Å². The first-order chi connectivity index (χ1) is 13.6. The van der Waals surface area contributed by atoms with Crippen molar-refractivity contribution in [2.45, 2.75) is 6.54 Å². The fraction of sp³-hybridized carbons (Fsp3) is 0.333. The van der Waals surface area contributed by atoms with Crippen LogP contribution in [0.3, 0.4) is 0 Å². The van der Waals surface area contributed by atoms with Gasteiger partial charge in [-0.05, 0) is 17.7 Å². The Bertz CT molecular complexity index is 792. The smallest absolute Gasteiger partial charge is 0.238 e. The van der Waals surface area contributed by atoms with E-state index in [1.807, 2.05) is 42.5 Å². The second-order valence-electron chi connectivity index (χ2n) is 6.84. The summed E-state index contributed by atoms with van der Waals surface area (Å²) in [5.41, 5.74) is 1.72. The van der Waals surface area contributed by atoms with E-state index in [0.29, 0.717) is 30.3 Å². The highest BCUT2D eigenvalue weighted by Crippen LogP contribution is 2.20. The molecule has 3 rings (SSSR count). The van der Waals surface area contributed by atoms with Gasteiger partial charge in [0.25, 0.3) is 0 Å². The molecule has 0 saturated carbocycles. The average molecular weight is 401 g/mol. The number of anilines is 1. The summed E-state index contributed by atoms with van der Waals surface area (Å²) in [6.45, 7) is 4.27. The maximum atomic E-state index is 12.2. The summed E-state index contributed by atoms with van der Waals surface area (Å²) < 4.78 is 0. The lowest BCUT2D eigenvalue weighted by atomic mass is 10.2. The molecule has 0 aliphatic carbocycles. The average Bonchev–Trinajstić information content (AvgIpc) is 2.70. The Kier molecular flexibility index (Phi) is 7.42. The van der Waals surface area contributed by atoms with Gasteiger partial charge < -0.3 is 10.6 Å². The van der Waals surface area contributed by atoms with Crippen LogP contribution in [0.15, 0.2) is 54.6 Å². The number of nitrogens with zero attached hydrogens (tertiary/aromatic N) is 2. The van der Waals surface area contributed by atoms with E-state index in [0.717, 1.165) is 31.7 Å². The molecule has 1 fully saturated rings. The molecular weight excluding hydrogens is 376 g/mol. The Morgan fingerprint density at radius 3 is 2.04 bits per heavy atom. The Morgan fingerprint density at radius 1 is 0.821 bits per heavy atom. The summed E-state index contributed by atoms with van der Waals surface area (Å²) in [6, 6.07) is 17.1. The van der Waals surface area contributed by atoms with E-state index in [1.165, 1.54) is 0 Å². The zero-order chi connectivity index (χ0) is 19.8. The van der Waals surface area contributed by atoms with Crippen LogP contribution in [0, 0.1) is 0 Å². The van der Waals surface area contributed by atoms with Gasteiger partial charge in [0.05, 0.1) is 23.8 Å². The number of rotatable bonds is 7. The van der Waals surface area contributed by atoms with E-state index in [-0.39, 0.29) is 11.8 Å². The molecule has 2 amide bonds. The third kappa shape index (κ3) is 6.34. The van der Waals surface area contributed by atoms with Crippen molar-refractivity contribution in [3.05, 3.63) is 65.2 Å². The fourth-order valence-corrected chi connectivity index (χ4v) is 3.30. The van der Waals surface area contributed by atoms with Crippen molar-refractivity contribution in [2.75, 3.05) is 44.6 Å². The van der Waals surface area contributed by atoms with Crippen LogP contribution in [0.1, 0.15) is 5.56 Å². The molecule has 0 radical (unpaired) electrons. The van der Waals surface area contributed by atoms with E-state index in [1.54, 1.807) is 12.1 Å². The number of carbonyl (C=O) groups is 2. The maximum absolute atomic E-state index is 12.2.